The lowest BCUT2D eigenvalue weighted by molar-refractivity contribution is 0.0526. The fraction of sp³-hybridized carbons (Fsp3) is 0.435. The van der Waals surface area contributed by atoms with Crippen molar-refractivity contribution in [3.8, 4) is 0 Å². The monoisotopic (exact) mass is 377 g/mol. The maximum absolute atomic E-state index is 12.7. The number of ether oxygens (including phenoxy) is 1. The molecule has 28 heavy (non-hydrogen) atoms. The Kier molecular flexibility index (Phi) is 4.92. The number of aryl methyl sites for hydroxylation is 2. The number of anilines is 1. The van der Waals surface area contributed by atoms with Crippen molar-refractivity contribution in [3.63, 3.8) is 0 Å². The first-order chi connectivity index (χ1) is 13.5. The number of piperidine rings is 1. The third kappa shape index (κ3) is 3.19. The van der Waals surface area contributed by atoms with E-state index in [2.05, 4.69) is 30.9 Å². The normalized spacial score (nSPS) is 15.4. The molecule has 4 rings (SSSR count). The molecule has 0 aliphatic carbocycles. The largest absolute Gasteiger partial charge is 0.462 e. The summed E-state index contributed by atoms with van der Waals surface area (Å²) in [7, 11) is 0. The number of carbonyl (C=O) groups is 1. The molecule has 1 aliphatic rings. The Morgan fingerprint density at radius 3 is 2.71 bits per heavy atom. The average molecular weight is 377 g/mol. The molecule has 0 bridgehead atoms. The summed E-state index contributed by atoms with van der Waals surface area (Å²) in [6.07, 6.45) is 3.92. The number of aromatic nitrogens is 2. The van der Waals surface area contributed by atoms with Crippen LogP contribution in [-0.2, 0) is 4.74 Å². The maximum Gasteiger partial charge on any atom is 0.341 e. The van der Waals surface area contributed by atoms with Crippen LogP contribution in [0.5, 0.6) is 0 Å². The molecule has 0 atom stereocenters. The number of esters is 1. The summed E-state index contributed by atoms with van der Waals surface area (Å²) in [6.45, 7) is 10.4. The number of hydrogen-bond acceptors (Lipinski definition) is 5. The lowest BCUT2D eigenvalue weighted by atomic mass is 9.96. The Morgan fingerprint density at radius 2 is 2.00 bits per heavy atom. The summed E-state index contributed by atoms with van der Waals surface area (Å²) in [6, 6.07) is 6.24. The second kappa shape index (κ2) is 7.38. The van der Waals surface area contributed by atoms with Gasteiger partial charge in [0.15, 0.2) is 0 Å². The zero-order valence-electron chi connectivity index (χ0n) is 17.1. The van der Waals surface area contributed by atoms with E-state index in [9.17, 15) is 4.79 Å². The topological polar surface area (TPSA) is 55.3 Å². The molecule has 1 fully saturated rings. The number of carbonyl (C=O) groups excluding carboxylic acids is 1. The maximum atomic E-state index is 12.7. The van der Waals surface area contributed by atoms with Gasteiger partial charge in [0.1, 0.15) is 5.56 Å². The highest BCUT2D eigenvalue weighted by atomic mass is 16.5. The Morgan fingerprint density at radius 1 is 1.25 bits per heavy atom. The van der Waals surface area contributed by atoms with Crippen LogP contribution in [-0.4, -0.2) is 35.6 Å². The molecule has 1 aromatic carbocycles. The second-order valence-electron chi connectivity index (χ2n) is 7.85. The van der Waals surface area contributed by atoms with Crippen LogP contribution in [0, 0.1) is 19.8 Å². The van der Waals surface area contributed by atoms with Gasteiger partial charge in [0.05, 0.1) is 23.3 Å². The molecule has 1 aliphatic heterocycles. The lowest BCUT2D eigenvalue weighted by Crippen LogP contribution is -2.34. The molecule has 0 radical (unpaired) electrons. The van der Waals surface area contributed by atoms with Crippen molar-refractivity contribution in [3.05, 3.63) is 41.2 Å². The molecular weight excluding hydrogens is 350 g/mol. The van der Waals surface area contributed by atoms with Gasteiger partial charge in [0.25, 0.3) is 0 Å². The molecule has 1 saturated heterocycles. The van der Waals surface area contributed by atoms with Gasteiger partial charge in [0.2, 0.25) is 0 Å². The van der Waals surface area contributed by atoms with Crippen molar-refractivity contribution in [1.82, 2.24) is 9.97 Å². The van der Waals surface area contributed by atoms with Gasteiger partial charge < -0.3 is 9.64 Å². The molecule has 0 amide bonds. The first-order valence-corrected chi connectivity index (χ1v) is 10.1. The third-order valence-electron chi connectivity index (χ3n) is 5.70. The first kappa shape index (κ1) is 18.7. The van der Waals surface area contributed by atoms with Crippen molar-refractivity contribution in [2.75, 3.05) is 24.6 Å². The SMILES string of the molecule is CCOC(=O)c1cnc2c(c(C)nc3ccc(C)cc32)c1N1CCC(C)CC1. The molecule has 3 aromatic rings. The number of benzene rings is 1. The quantitative estimate of drug-likeness (QED) is 0.484. The molecular formula is C23H27N3O2. The molecule has 3 heterocycles. The molecule has 0 saturated carbocycles. The zero-order valence-corrected chi connectivity index (χ0v) is 17.1. The molecule has 0 spiro atoms. The number of fused-ring (bicyclic) bond motifs is 3. The summed E-state index contributed by atoms with van der Waals surface area (Å²) in [5.41, 5.74) is 5.39. The predicted molar refractivity (Wildman–Crippen MR) is 113 cm³/mol. The van der Waals surface area contributed by atoms with Crippen molar-refractivity contribution >= 4 is 33.5 Å². The van der Waals surface area contributed by atoms with Gasteiger partial charge in [-0.3, -0.25) is 9.97 Å². The standard InChI is InChI=1S/C23H27N3O2/c1-5-28-23(27)18-13-24-21-17-12-15(3)6-7-19(17)25-16(4)20(21)22(18)26-10-8-14(2)9-11-26/h6-7,12-14H,5,8-11H2,1-4H3. The van der Waals surface area contributed by atoms with Gasteiger partial charge >= 0.3 is 5.97 Å². The van der Waals surface area contributed by atoms with E-state index >= 15 is 0 Å². The Bertz CT molecular complexity index is 1050. The Hall–Kier alpha value is -2.69. The third-order valence-corrected chi connectivity index (χ3v) is 5.70. The van der Waals surface area contributed by atoms with Crippen LogP contribution in [0.15, 0.2) is 24.4 Å². The zero-order chi connectivity index (χ0) is 19.8. The minimum atomic E-state index is -0.311. The van der Waals surface area contributed by atoms with E-state index in [0.717, 1.165) is 59.1 Å². The fourth-order valence-corrected chi connectivity index (χ4v) is 4.14. The van der Waals surface area contributed by atoms with Crippen molar-refractivity contribution < 1.29 is 9.53 Å². The fourth-order valence-electron chi connectivity index (χ4n) is 4.14. The first-order valence-electron chi connectivity index (χ1n) is 10.1. The van der Waals surface area contributed by atoms with Gasteiger partial charge in [-0.1, -0.05) is 18.6 Å². The van der Waals surface area contributed by atoms with Crippen LogP contribution < -0.4 is 4.90 Å². The van der Waals surface area contributed by atoms with Crippen molar-refractivity contribution in [2.45, 2.75) is 40.5 Å². The summed E-state index contributed by atoms with van der Waals surface area (Å²) in [5, 5.41) is 2.00. The van der Waals surface area contributed by atoms with E-state index in [1.165, 1.54) is 5.56 Å². The number of rotatable bonds is 3. The molecule has 2 aromatic heterocycles. The summed E-state index contributed by atoms with van der Waals surface area (Å²) in [5.74, 6) is 0.396. The summed E-state index contributed by atoms with van der Waals surface area (Å²) in [4.78, 5) is 24.6. The van der Waals surface area contributed by atoms with Crippen molar-refractivity contribution in [1.29, 1.82) is 0 Å². The van der Waals surface area contributed by atoms with Gasteiger partial charge in [-0.05, 0) is 51.7 Å². The smallest absolute Gasteiger partial charge is 0.341 e. The van der Waals surface area contributed by atoms with E-state index in [1.807, 2.05) is 19.9 Å². The van der Waals surface area contributed by atoms with Crippen LogP contribution in [0.1, 0.15) is 48.3 Å². The highest BCUT2D eigenvalue weighted by Gasteiger charge is 2.26. The van der Waals surface area contributed by atoms with Crippen LogP contribution in [0.2, 0.25) is 0 Å². The minimum absolute atomic E-state index is 0.311. The van der Waals surface area contributed by atoms with E-state index in [0.29, 0.717) is 18.1 Å². The van der Waals surface area contributed by atoms with Gasteiger partial charge in [0, 0.05) is 35.8 Å². The number of pyridine rings is 2. The number of hydrogen-bond donors (Lipinski definition) is 0. The summed E-state index contributed by atoms with van der Waals surface area (Å²) < 4.78 is 5.35. The highest BCUT2D eigenvalue weighted by molar-refractivity contribution is 6.13. The van der Waals surface area contributed by atoms with Gasteiger partial charge in [-0.25, -0.2) is 4.79 Å². The Labute approximate surface area is 165 Å². The molecule has 5 heteroatoms. The molecule has 0 unspecified atom stereocenters. The Balaban J connectivity index is 2.02. The molecule has 5 nitrogen and oxygen atoms in total. The van der Waals surface area contributed by atoms with Crippen LogP contribution in [0.3, 0.4) is 0 Å². The minimum Gasteiger partial charge on any atom is -0.462 e. The van der Waals surface area contributed by atoms with E-state index in [4.69, 9.17) is 14.7 Å². The summed E-state index contributed by atoms with van der Waals surface area (Å²) >= 11 is 0. The van der Waals surface area contributed by atoms with E-state index in [1.54, 1.807) is 6.20 Å². The van der Waals surface area contributed by atoms with Gasteiger partial charge in [-0.2, -0.15) is 0 Å². The average Bonchev–Trinajstić information content (AvgIpc) is 2.68. The van der Waals surface area contributed by atoms with E-state index in [-0.39, 0.29) is 5.97 Å². The van der Waals surface area contributed by atoms with Crippen LogP contribution in [0.25, 0.3) is 21.8 Å². The highest BCUT2D eigenvalue weighted by Crippen LogP contribution is 2.37. The van der Waals surface area contributed by atoms with Crippen molar-refractivity contribution in [2.24, 2.45) is 5.92 Å². The van der Waals surface area contributed by atoms with Crippen LogP contribution >= 0.6 is 0 Å². The second-order valence-corrected chi connectivity index (χ2v) is 7.85. The number of nitrogens with zero attached hydrogens (tertiary/aromatic N) is 3. The van der Waals surface area contributed by atoms with E-state index < -0.39 is 0 Å². The predicted octanol–water partition coefficient (Wildman–Crippen LogP) is 4.81. The molecule has 146 valence electrons. The van der Waals surface area contributed by atoms with Gasteiger partial charge in [-0.15, -0.1) is 0 Å². The lowest BCUT2D eigenvalue weighted by Gasteiger charge is -2.34. The molecule has 0 N–H and O–H groups in total. The van der Waals surface area contributed by atoms with Crippen LogP contribution in [0.4, 0.5) is 5.69 Å².